The highest BCUT2D eigenvalue weighted by Gasteiger charge is 2.31. The molecule has 0 N–H and O–H groups in total. The molecular weight excluding hydrogens is 338 g/mol. The molecule has 5 nitrogen and oxygen atoms in total. The molecular formula is C22H21N3O2. The van der Waals surface area contributed by atoms with Crippen molar-refractivity contribution < 1.29 is 9.53 Å². The summed E-state index contributed by atoms with van der Waals surface area (Å²) in [5, 5.41) is 6.19. The third-order valence-electron chi connectivity index (χ3n) is 4.84. The van der Waals surface area contributed by atoms with Crippen molar-refractivity contribution in [2.75, 3.05) is 7.11 Å². The van der Waals surface area contributed by atoms with Crippen LogP contribution in [0.25, 0.3) is 5.69 Å². The second-order valence-electron chi connectivity index (χ2n) is 6.54. The van der Waals surface area contributed by atoms with Crippen LogP contribution in [0.15, 0.2) is 78.2 Å². The Balaban J connectivity index is 1.60. The molecule has 0 saturated heterocycles. The van der Waals surface area contributed by atoms with E-state index in [0.717, 1.165) is 28.3 Å². The van der Waals surface area contributed by atoms with E-state index >= 15 is 0 Å². The van der Waals surface area contributed by atoms with E-state index in [0.29, 0.717) is 6.42 Å². The molecule has 1 aliphatic heterocycles. The molecule has 3 aromatic rings. The topological polar surface area (TPSA) is 46.8 Å². The number of amides is 1. The standard InChI is InChI=1S/C22H21N3O2/c1-16(26)25-22(18-7-11-20(27-2)12-8-18)15-21(23-25)17-5-9-19(10-6-17)24-13-3-4-14-24/h3-14,22H,15H2,1-2H3. The highest BCUT2D eigenvalue weighted by Crippen LogP contribution is 2.33. The summed E-state index contributed by atoms with van der Waals surface area (Å²) >= 11 is 0. The van der Waals surface area contributed by atoms with Gasteiger partial charge in [-0.2, -0.15) is 5.10 Å². The maximum atomic E-state index is 12.1. The number of benzene rings is 2. The first-order valence-electron chi connectivity index (χ1n) is 8.91. The van der Waals surface area contributed by atoms with Gasteiger partial charge < -0.3 is 9.30 Å². The van der Waals surface area contributed by atoms with Gasteiger partial charge in [0.05, 0.1) is 18.9 Å². The molecule has 4 rings (SSSR count). The molecule has 1 unspecified atom stereocenters. The fraction of sp³-hybridized carbons (Fsp3) is 0.182. The van der Waals surface area contributed by atoms with E-state index in [4.69, 9.17) is 4.74 Å². The van der Waals surface area contributed by atoms with E-state index in [1.807, 2.05) is 48.8 Å². The van der Waals surface area contributed by atoms with Crippen LogP contribution >= 0.6 is 0 Å². The number of hydrogen-bond acceptors (Lipinski definition) is 3. The van der Waals surface area contributed by atoms with Crippen molar-refractivity contribution in [1.82, 2.24) is 9.58 Å². The smallest absolute Gasteiger partial charge is 0.240 e. The molecule has 1 aromatic heterocycles. The van der Waals surface area contributed by atoms with Gasteiger partial charge in [0.25, 0.3) is 0 Å². The van der Waals surface area contributed by atoms with Gasteiger partial charge in [-0.15, -0.1) is 0 Å². The summed E-state index contributed by atoms with van der Waals surface area (Å²) in [6.45, 7) is 1.55. The molecule has 0 spiro atoms. The Morgan fingerprint density at radius 2 is 1.70 bits per heavy atom. The Hall–Kier alpha value is -3.34. The molecule has 0 radical (unpaired) electrons. The zero-order valence-corrected chi connectivity index (χ0v) is 15.4. The Morgan fingerprint density at radius 1 is 1.04 bits per heavy atom. The van der Waals surface area contributed by atoms with Gasteiger partial charge in [0.1, 0.15) is 5.75 Å². The number of hydrazone groups is 1. The summed E-state index contributed by atoms with van der Waals surface area (Å²) in [6, 6.07) is 20.0. The van der Waals surface area contributed by atoms with Gasteiger partial charge in [-0.3, -0.25) is 4.79 Å². The molecule has 27 heavy (non-hydrogen) atoms. The molecule has 2 aromatic carbocycles. The van der Waals surface area contributed by atoms with Gasteiger partial charge in [-0.05, 0) is 47.5 Å². The highest BCUT2D eigenvalue weighted by atomic mass is 16.5. The molecule has 136 valence electrons. The van der Waals surface area contributed by atoms with Crippen LogP contribution in [0.5, 0.6) is 5.75 Å². The largest absolute Gasteiger partial charge is 0.497 e. The number of nitrogens with zero attached hydrogens (tertiary/aromatic N) is 3. The van der Waals surface area contributed by atoms with Crippen molar-refractivity contribution in [3.8, 4) is 11.4 Å². The maximum Gasteiger partial charge on any atom is 0.240 e. The van der Waals surface area contributed by atoms with Crippen LogP contribution in [0, 0.1) is 0 Å². The summed E-state index contributed by atoms with van der Waals surface area (Å²) in [4.78, 5) is 12.1. The molecule has 0 fully saturated rings. The zero-order chi connectivity index (χ0) is 18.8. The Kier molecular flexibility index (Phi) is 4.50. The monoisotopic (exact) mass is 359 g/mol. The van der Waals surface area contributed by atoms with E-state index in [2.05, 4.69) is 33.9 Å². The fourth-order valence-corrected chi connectivity index (χ4v) is 3.39. The van der Waals surface area contributed by atoms with Gasteiger partial charge in [0, 0.05) is 31.4 Å². The van der Waals surface area contributed by atoms with Crippen LogP contribution in [-0.2, 0) is 4.79 Å². The number of carbonyl (C=O) groups excluding carboxylic acids is 1. The van der Waals surface area contributed by atoms with E-state index < -0.39 is 0 Å². The first-order chi connectivity index (χ1) is 13.2. The van der Waals surface area contributed by atoms with Gasteiger partial charge in [0.15, 0.2) is 0 Å². The van der Waals surface area contributed by atoms with E-state index in [9.17, 15) is 4.79 Å². The lowest BCUT2D eigenvalue weighted by Gasteiger charge is -2.20. The average Bonchev–Trinajstić information content (AvgIpc) is 3.38. The van der Waals surface area contributed by atoms with Gasteiger partial charge in [-0.1, -0.05) is 24.3 Å². The van der Waals surface area contributed by atoms with Crippen LogP contribution in [0.3, 0.4) is 0 Å². The number of methoxy groups -OCH3 is 1. The Morgan fingerprint density at radius 3 is 2.30 bits per heavy atom. The first kappa shape index (κ1) is 17.1. The molecule has 1 aliphatic rings. The number of carbonyl (C=O) groups is 1. The van der Waals surface area contributed by atoms with Gasteiger partial charge in [0.2, 0.25) is 5.91 Å². The minimum Gasteiger partial charge on any atom is -0.497 e. The van der Waals surface area contributed by atoms with Crippen LogP contribution in [0.2, 0.25) is 0 Å². The lowest BCUT2D eigenvalue weighted by Crippen LogP contribution is -2.24. The van der Waals surface area contributed by atoms with E-state index in [1.54, 1.807) is 19.0 Å². The van der Waals surface area contributed by atoms with Crippen LogP contribution in [0.1, 0.15) is 30.5 Å². The summed E-state index contributed by atoms with van der Waals surface area (Å²) in [5.41, 5.74) is 4.10. The van der Waals surface area contributed by atoms with Crippen molar-refractivity contribution in [3.05, 3.63) is 84.2 Å². The van der Waals surface area contributed by atoms with Crippen molar-refractivity contribution >= 4 is 11.6 Å². The SMILES string of the molecule is COc1ccc(C2CC(c3ccc(-n4cccc4)cc3)=NN2C(C)=O)cc1. The molecule has 0 saturated carbocycles. The van der Waals surface area contributed by atoms with E-state index in [-0.39, 0.29) is 11.9 Å². The predicted molar refractivity (Wildman–Crippen MR) is 105 cm³/mol. The Labute approximate surface area is 158 Å². The molecule has 0 bridgehead atoms. The van der Waals surface area contributed by atoms with Crippen LogP contribution < -0.4 is 4.74 Å². The highest BCUT2D eigenvalue weighted by molar-refractivity contribution is 6.03. The average molecular weight is 359 g/mol. The quantitative estimate of drug-likeness (QED) is 0.701. The second-order valence-corrected chi connectivity index (χ2v) is 6.54. The normalized spacial score (nSPS) is 16.3. The minimum atomic E-state index is -0.0902. The van der Waals surface area contributed by atoms with Crippen LogP contribution in [-0.4, -0.2) is 28.3 Å². The van der Waals surface area contributed by atoms with Crippen molar-refractivity contribution in [2.24, 2.45) is 5.10 Å². The second kappa shape index (κ2) is 7.11. The van der Waals surface area contributed by atoms with Gasteiger partial charge in [-0.25, -0.2) is 5.01 Å². The van der Waals surface area contributed by atoms with Crippen molar-refractivity contribution in [2.45, 2.75) is 19.4 Å². The fourth-order valence-electron chi connectivity index (χ4n) is 3.39. The first-order valence-corrected chi connectivity index (χ1v) is 8.91. The summed E-state index contributed by atoms with van der Waals surface area (Å²) in [5.74, 6) is 0.739. The molecule has 2 heterocycles. The summed E-state index contributed by atoms with van der Waals surface area (Å²) in [7, 11) is 1.64. The van der Waals surface area contributed by atoms with Crippen molar-refractivity contribution in [3.63, 3.8) is 0 Å². The van der Waals surface area contributed by atoms with E-state index in [1.165, 1.54) is 0 Å². The maximum absolute atomic E-state index is 12.1. The number of rotatable bonds is 4. The Bertz CT molecular complexity index is 958. The molecule has 5 heteroatoms. The number of hydrogen-bond donors (Lipinski definition) is 0. The third kappa shape index (κ3) is 3.36. The minimum absolute atomic E-state index is 0.0604. The summed E-state index contributed by atoms with van der Waals surface area (Å²) in [6.07, 6.45) is 4.72. The molecule has 0 aliphatic carbocycles. The predicted octanol–water partition coefficient (Wildman–Crippen LogP) is 4.18. The lowest BCUT2D eigenvalue weighted by molar-refractivity contribution is -0.130. The number of aromatic nitrogens is 1. The summed E-state index contributed by atoms with van der Waals surface area (Å²) < 4.78 is 7.29. The lowest BCUT2D eigenvalue weighted by atomic mass is 9.98. The van der Waals surface area contributed by atoms with Gasteiger partial charge >= 0.3 is 0 Å². The molecule has 1 amide bonds. The van der Waals surface area contributed by atoms with Crippen molar-refractivity contribution in [1.29, 1.82) is 0 Å². The third-order valence-corrected chi connectivity index (χ3v) is 4.84. The molecule has 1 atom stereocenters. The van der Waals surface area contributed by atoms with Crippen LogP contribution in [0.4, 0.5) is 0 Å². The zero-order valence-electron chi connectivity index (χ0n) is 15.4. The number of ether oxygens (including phenoxy) is 1.